The first-order valence-electron chi connectivity index (χ1n) is 6.11. The largest absolute Gasteiger partial charge is 0.318 e. The van der Waals surface area contributed by atoms with Crippen LogP contribution in [-0.2, 0) is 10.0 Å². The summed E-state index contributed by atoms with van der Waals surface area (Å²) in [4.78, 5) is 0. The molecule has 96 valence electrons. The topological polar surface area (TPSA) is 49.4 Å². The number of rotatable bonds is 6. The molecule has 0 bridgehead atoms. The molecule has 0 amide bonds. The molecule has 1 aliphatic heterocycles. The van der Waals surface area contributed by atoms with E-state index in [1.54, 1.807) is 4.31 Å². The minimum Gasteiger partial charge on any atom is -0.318 e. The highest BCUT2D eigenvalue weighted by Gasteiger charge is 2.33. The highest BCUT2D eigenvalue weighted by molar-refractivity contribution is 7.89. The monoisotopic (exact) mass is 248 g/mol. The van der Waals surface area contributed by atoms with Crippen molar-refractivity contribution >= 4 is 10.0 Å². The van der Waals surface area contributed by atoms with Crippen LogP contribution in [0.4, 0.5) is 0 Å². The molecule has 1 heterocycles. The Morgan fingerprint density at radius 3 is 2.69 bits per heavy atom. The molecule has 1 fully saturated rings. The van der Waals surface area contributed by atoms with Crippen LogP contribution in [0, 0.1) is 5.92 Å². The third kappa shape index (κ3) is 3.71. The molecule has 0 radical (unpaired) electrons. The summed E-state index contributed by atoms with van der Waals surface area (Å²) in [5, 5.41) is 3.07. The molecular formula is C11H24N2O2S. The van der Waals surface area contributed by atoms with Gasteiger partial charge in [-0.05, 0) is 32.2 Å². The van der Waals surface area contributed by atoms with Crippen molar-refractivity contribution in [3.8, 4) is 0 Å². The minimum atomic E-state index is -3.03. The van der Waals surface area contributed by atoms with Crippen LogP contribution in [0.3, 0.4) is 0 Å². The molecule has 16 heavy (non-hydrogen) atoms. The zero-order valence-corrected chi connectivity index (χ0v) is 11.4. The molecule has 0 aromatic rings. The molecular weight excluding hydrogens is 224 g/mol. The Morgan fingerprint density at radius 1 is 1.44 bits per heavy atom. The van der Waals surface area contributed by atoms with Crippen LogP contribution >= 0.6 is 0 Å². The molecule has 0 saturated carbocycles. The van der Waals surface area contributed by atoms with Gasteiger partial charge >= 0.3 is 0 Å². The van der Waals surface area contributed by atoms with E-state index in [0.29, 0.717) is 18.2 Å². The van der Waals surface area contributed by atoms with Crippen molar-refractivity contribution in [2.24, 2.45) is 5.92 Å². The van der Waals surface area contributed by atoms with E-state index in [1.165, 1.54) is 0 Å². The average Bonchev–Trinajstić information content (AvgIpc) is 2.64. The lowest BCUT2D eigenvalue weighted by Crippen LogP contribution is -2.42. The first kappa shape index (κ1) is 13.9. The Hall–Kier alpha value is -0.130. The van der Waals surface area contributed by atoms with E-state index < -0.39 is 10.0 Å². The molecule has 0 aliphatic carbocycles. The second-order valence-electron chi connectivity index (χ2n) is 4.96. The lowest BCUT2D eigenvalue weighted by atomic mass is 10.2. The lowest BCUT2D eigenvalue weighted by molar-refractivity contribution is 0.377. The van der Waals surface area contributed by atoms with Gasteiger partial charge in [-0.3, -0.25) is 0 Å². The van der Waals surface area contributed by atoms with Crippen LogP contribution in [0.15, 0.2) is 0 Å². The van der Waals surface area contributed by atoms with Crippen molar-refractivity contribution in [3.63, 3.8) is 0 Å². The third-order valence-corrected chi connectivity index (χ3v) is 5.02. The van der Waals surface area contributed by atoms with Gasteiger partial charge in [0.25, 0.3) is 0 Å². The zero-order valence-electron chi connectivity index (χ0n) is 10.6. The smallest absolute Gasteiger partial charge is 0.214 e. The molecule has 0 aromatic carbocycles. The molecule has 1 N–H and O–H groups in total. The van der Waals surface area contributed by atoms with Gasteiger partial charge in [0.1, 0.15) is 0 Å². The highest BCUT2D eigenvalue weighted by Crippen LogP contribution is 2.21. The number of nitrogens with zero attached hydrogens (tertiary/aromatic N) is 1. The van der Waals surface area contributed by atoms with Crippen LogP contribution in [0.2, 0.25) is 0 Å². The standard InChI is InChI=1S/C11H24N2O2S/c1-10(2)6-8-16(14,15)13-7-4-5-11(13)9-12-3/h10-12H,4-9H2,1-3H3. The number of sulfonamides is 1. The predicted molar refractivity (Wildman–Crippen MR) is 66.9 cm³/mol. The SMILES string of the molecule is CNCC1CCCN1S(=O)(=O)CCC(C)C. The van der Waals surface area contributed by atoms with Crippen LogP contribution in [0.5, 0.6) is 0 Å². The number of hydrogen-bond acceptors (Lipinski definition) is 3. The fourth-order valence-electron chi connectivity index (χ4n) is 2.12. The highest BCUT2D eigenvalue weighted by atomic mass is 32.2. The predicted octanol–water partition coefficient (Wildman–Crippen LogP) is 1.05. The van der Waals surface area contributed by atoms with E-state index in [-0.39, 0.29) is 6.04 Å². The summed E-state index contributed by atoms with van der Waals surface area (Å²) >= 11 is 0. The quantitative estimate of drug-likeness (QED) is 0.764. The molecule has 1 unspecified atom stereocenters. The Kier molecular flexibility index (Phi) is 5.21. The summed E-state index contributed by atoms with van der Waals surface area (Å²) in [5.74, 6) is 0.741. The van der Waals surface area contributed by atoms with E-state index in [1.807, 2.05) is 7.05 Å². The maximum atomic E-state index is 12.1. The van der Waals surface area contributed by atoms with E-state index in [4.69, 9.17) is 0 Å². The van der Waals surface area contributed by atoms with Crippen LogP contribution in [-0.4, -0.2) is 44.7 Å². The molecule has 1 saturated heterocycles. The minimum absolute atomic E-state index is 0.169. The first-order chi connectivity index (χ1) is 7.47. The summed E-state index contributed by atoms with van der Waals surface area (Å²) < 4.78 is 25.9. The van der Waals surface area contributed by atoms with Crippen molar-refractivity contribution in [1.29, 1.82) is 0 Å². The molecule has 1 aliphatic rings. The van der Waals surface area contributed by atoms with E-state index >= 15 is 0 Å². The van der Waals surface area contributed by atoms with Gasteiger partial charge in [-0.2, -0.15) is 4.31 Å². The van der Waals surface area contributed by atoms with E-state index in [2.05, 4.69) is 19.2 Å². The summed E-state index contributed by atoms with van der Waals surface area (Å²) in [6.45, 7) is 5.59. The van der Waals surface area contributed by atoms with Crippen LogP contribution in [0.25, 0.3) is 0 Å². The maximum Gasteiger partial charge on any atom is 0.214 e. The molecule has 0 spiro atoms. The van der Waals surface area contributed by atoms with E-state index in [9.17, 15) is 8.42 Å². The van der Waals surface area contributed by atoms with Crippen LogP contribution < -0.4 is 5.32 Å². The molecule has 1 rings (SSSR count). The first-order valence-corrected chi connectivity index (χ1v) is 7.72. The Labute approximate surface area is 99.5 Å². The Balaban J connectivity index is 2.59. The summed E-state index contributed by atoms with van der Waals surface area (Å²) in [5.41, 5.74) is 0. The summed E-state index contributed by atoms with van der Waals surface area (Å²) in [7, 11) is -1.16. The van der Waals surface area contributed by atoms with Crippen molar-refractivity contribution in [2.45, 2.75) is 39.2 Å². The number of nitrogens with one attached hydrogen (secondary N) is 1. The second-order valence-corrected chi connectivity index (χ2v) is 7.00. The fourth-order valence-corrected chi connectivity index (χ4v) is 4.16. The zero-order chi connectivity index (χ0) is 12.2. The maximum absolute atomic E-state index is 12.1. The second kappa shape index (κ2) is 5.98. The summed E-state index contributed by atoms with van der Waals surface area (Å²) in [6.07, 6.45) is 2.74. The van der Waals surface area contributed by atoms with Gasteiger partial charge in [0.2, 0.25) is 10.0 Å². The van der Waals surface area contributed by atoms with Gasteiger partial charge in [0.15, 0.2) is 0 Å². The van der Waals surface area contributed by atoms with Crippen molar-refractivity contribution in [1.82, 2.24) is 9.62 Å². The van der Waals surface area contributed by atoms with Gasteiger partial charge in [-0.15, -0.1) is 0 Å². The molecule has 4 nitrogen and oxygen atoms in total. The number of hydrogen-bond donors (Lipinski definition) is 1. The molecule has 0 aromatic heterocycles. The van der Waals surface area contributed by atoms with Gasteiger partial charge in [-0.1, -0.05) is 13.8 Å². The van der Waals surface area contributed by atoms with Crippen molar-refractivity contribution < 1.29 is 8.42 Å². The van der Waals surface area contributed by atoms with Gasteiger partial charge in [-0.25, -0.2) is 8.42 Å². The average molecular weight is 248 g/mol. The fraction of sp³-hybridized carbons (Fsp3) is 1.00. The van der Waals surface area contributed by atoms with Gasteiger partial charge in [0.05, 0.1) is 5.75 Å². The van der Waals surface area contributed by atoms with Crippen molar-refractivity contribution in [2.75, 3.05) is 25.9 Å². The van der Waals surface area contributed by atoms with Gasteiger partial charge in [0, 0.05) is 19.1 Å². The Morgan fingerprint density at radius 2 is 2.12 bits per heavy atom. The summed E-state index contributed by atoms with van der Waals surface area (Å²) in [6, 6.07) is 0.169. The molecule has 5 heteroatoms. The van der Waals surface area contributed by atoms with Crippen molar-refractivity contribution in [3.05, 3.63) is 0 Å². The van der Waals surface area contributed by atoms with E-state index in [0.717, 1.165) is 25.8 Å². The normalized spacial score (nSPS) is 23.1. The van der Waals surface area contributed by atoms with Gasteiger partial charge < -0.3 is 5.32 Å². The lowest BCUT2D eigenvalue weighted by Gasteiger charge is -2.24. The third-order valence-electron chi connectivity index (χ3n) is 3.07. The molecule has 1 atom stereocenters. The van der Waals surface area contributed by atoms with Crippen LogP contribution in [0.1, 0.15) is 33.1 Å². The Bertz CT molecular complexity index is 301. The number of likely N-dealkylation sites (N-methyl/N-ethyl adjacent to an activating group) is 1.